The Bertz CT molecular complexity index is 1250. The number of carbonyl (C=O) groups is 1. The first kappa shape index (κ1) is 21.3. The van der Waals surface area contributed by atoms with Crippen molar-refractivity contribution in [3.63, 3.8) is 0 Å². The molecule has 0 atom stereocenters. The molecule has 0 saturated heterocycles. The maximum atomic E-state index is 13.3. The summed E-state index contributed by atoms with van der Waals surface area (Å²) in [6.07, 6.45) is 0. The molecule has 0 spiro atoms. The first-order chi connectivity index (χ1) is 15.1. The molecule has 5 nitrogen and oxygen atoms in total. The molecule has 0 aliphatic carbocycles. The SMILES string of the molecule is CCN(C(=O)CSc1nc2ccsc2c(=O)n1Cc1ccc(F)cc1)c1ccccc1. The molecule has 158 valence electrons. The predicted octanol–water partition coefficient (Wildman–Crippen LogP) is 4.79. The minimum atomic E-state index is -0.330. The standard InChI is InChI=1S/C23H20FN3O2S2/c1-2-26(18-6-4-3-5-7-18)20(28)15-31-23-25-19-12-13-30-21(19)22(29)27(23)14-16-8-10-17(24)11-9-16/h3-13H,2,14-15H2,1H3. The van der Waals surface area contributed by atoms with E-state index in [1.54, 1.807) is 27.7 Å². The Morgan fingerprint density at radius 3 is 2.58 bits per heavy atom. The summed E-state index contributed by atoms with van der Waals surface area (Å²) in [5.74, 6) is -0.246. The summed E-state index contributed by atoms with van der Waals surface area (Å²) in [5.41, 5.74) is 2.08. The summed E-state index contributed by atoms with van der Waals surface area (Å²) in [6.45, 7) is 2.73. The van der Waals surface area contributed by atoms with Gasteiger partial charge in [-0.2, -0.15) is 0 Å². The molecule has 0 radical (unpaired) electrons. The molecule has 0 aliphatic heterocycles. The molecule has 4 aromatic rings. The van der Waals surface area contributed by atoms with Gasteiger partial charge >= 0.3 is 0 Å². The van der Waals surface area contributed by atoms with Crippen LogP contribution in [-0.4, -0.2) is 27.8 Å². The van der Waals surface area contributed by atoms with Gasteiger partial charge in [0.05, 0.1) is 17.8 Å². The molecule has 0 saturated carbocycles. The van der Waals surface area contributed by atoms with Gasteiger partial charge in [-0.05, 0) is 48.2 Å². The molecular weight excluding hydrogens is 433 g/mol. The van der Waals surface area contributed by atoms with Crippen LogP contribution in [0.25, 0.3) is 10.2 Å². The zero-order chi connectivity index (χ0) is 21.8. The molecular formula is C23H20FN3O2S2. The van der Waals surface area contributed by atoms with Crippen molar-refractivity contribution in [2.45, 2.75) is 18.6 Å². The molecule has 4 rings (SSSR count). The lowest BCUT2D eigenvalue weighted by Gasteiger charge is -2.21. The fraction of sp³-hybridized carbons (Fsp3) is 0.174. The van der Waals surface area contributed by atoms with Crippen LogP contribution in [0.1, 0.15) is 12.5 Å². The molecule has 0 aliphatic rings. The average Bonchev–Trinajstić information content (AvgIpc) is 3.26. The molecule has 2 aromatic carbocycles. The average molecular weight is 454 g/mol. The molecule has 0 N–H and O–H groups in total. The van der Waals surface area contributed by atoms with Gasteiger partial charge in [0.1, 0.15) is 10.5 Å². The minimum absolute atomic E-state index is 0.0632. The summed E-state index contributed by atoms with van der Waals surface area (Å²) in [7, 11) is 0. The predicted molar refractivity (Wildman–Crippen MR) is 125 cm³/mol. The lowest BCUT2D eigenvalue weighted by molar-refractivity contribution is -0.116. The molecule has 2 aromatic heterocycles. The molecule has 0 unspecified atom stereocenters. The molecule has 31 heavy (non-hydrogen) atoms. The van der Waals surface area contributed by atoms with Crippen LogP contribution in [-0.2, 0) is 11.3 Å². The van der Waals surface area contributed by atoms with E-state index in [1.807, 2.05) is 42.6 Å². The van der Waals surface area contributed by atoms with Crippen LogP contribution >= 0.6 is 23.1 Å². The third-order valence-electron chi connectivity index (χ3n) is 4.79. The van der Waals surface area contributed by atoms with Crippen molar-refractivity contribution in [3.8, 4) is 0 Å². The fourth-order valence-electron chi connectivity index (χ4n) is 3.26. The van der Waals surface area contributed by atoms with Crippen LogP contribution in [0.2, 0.25) is 0 Å². The number of halogens is 1. The number of carbonyl (C=O) groups excluding carboxylic acids is 1. The lowest BCUT2D eigenvalue weighted by Crippen LogP contribution is -2.32. The van der Waals surface area contributed by atoms with Crippen LogP contribution in [0, 0.1) is 5.82 Å². The Balaban J connectivity index is 1.62. The minimum Gasteiger partial charge on any atom is -0.312 e. The molecule has 0 bridgehead atoms. The topological polar surface area (TPSA) is 55.2 Å². The number of amides is 1. The highest BCUT2D eigenvalue weighted by atomic mass is 32.2. The van der Waals surface area contributed by atoms with Gasteiger partial charge in [-0.1, -0.05) is 42.1 Å². The number of aromatic nitrogens is 2. The van der Waals surface area contributed by atoms with Gasteiger partial charge in [-0.15, -0.1) is 11.3 Å². The molecule has 1 amide bonds. The van der Waals surface area contributed by atoms with Crippen molar-refractivity contribution < 1.29 is 9.18 Å². The van der Waals surface area contributed by atoms with E-state index in [-0.39, 0.29) is 29.6 Å². The van der Waals surface area contributed by atoms with Crippen LogP contribution in [0.4, 0.5) is 10.1 Å². The van der Waals surface area contributed by atoms with Gasteiger partial charge in [-0.3, -0.25) is 14.2 Å². The van der Waals surface area contributed by atoms with Crippen molar-refractivity contribution in [3.05, 3.63) is 87.8 Å². The number of nitrogens with zero attached hydrogens (tertiary/aromatic N) is 3. The second-order valence-corrected chi connectivity index (χ2v) is 8.67. The van der Waals surface area contributed by atoms with E-state index in [0.29, 0.717) is 21.9 Å². The molecule has 0 fully saturated rings. The van der Waals surface area contributed by atoms with Gasteiger partial charge in [0.2, 0.25) is 5.91 Å². The second kappa shape index (κ2) is 9.45. The van der Waals surface area contributed by atoms with Crippen LogP contribution in [0.15, 0.2) is 76.0 Å². The van der Waals surface area contributed by atoms with Gasteiger partial charge in [-0.25, -0.2) is 9.37 Å². The number of para-hydroxylation sites is 1. The van der Waals surface area contributed by atoms with Crippen molar-refractivity contribution in [2.24, 2.45) is 0 Å². The van der Waals surface area contributed by atoms with Crippen molar-refractivity contribution >= 4 is 44.9 Å². The number of anilines is 1. The van der Waals surface area contributed by atoms with E-state index in [1.165, 1.54) is 35.2 Å². The maximum absolute atomic E-state index is 13.3. The number of hydrogen-bond donors (Lipinski definition) is 0. The Kier molecular flexibility index (Phi) is 6.48. The Labute approximate surface area is 187 Å². The number of thioether (sulfide) groups is 1. The van der Waals surface area contributed by atoms with Crippen molar-refractivity contribution in [2.75, 3.05) is 17.2 Å². The molecule has 8 heteroatoms. The summed E-state index contributed by atoms with van der Waals surface area (Å²) in [6, 6.07) is 17.3. The zero-order valence-electron chi connectivity index (χ0n) is 16.8. The number of thiophene rings is 1. The van der Waals surface area contributed by atoms with Gasteiger partial charge in [0.25, 0.3) is 5.56 Å². The van der Waals surface area contributed by atoms with Crippen LogP contribution in [0.3, 0.4) is 0 Å². The number of hydrogen-bond acceptors (Lipinski definition) is 5. The zero-order valence-corrected chi connectivity index (χ0v) is 18.5. The first-order valence-electron chi connectivity index (χ1n) is 9.77. The monoisotopic (exact) mass is 453 g/mol. The quantitative estimate of drug-likeness (QED) is 0.298. The second-order valence-electron chi connectivity index (χ2n) is 6.81. The maximum Gasteiger partial charge on any atom is 0.272 e. The van der Waals surface area contributed by atoms with E-state index in [9.17, 15) is 14.0 Å². The smallest absolute Gasteiger partial charge is 0.272 e. The first-order valence-corrected chi connectivity index (χ1v) is 11.6. The Hall–Kier alpha value is -2.97. The van der Waals surface area contributed by atoms with Crippen molar-refractivity contribution in [1.82, 2.24) is 9.55 Å². The Morgan fingerprint density at radius 2 is 1.87 bits per heavy atom. The van der Waals surface area contributed by atoms with Gasteiger partial charge < -0.3 is 4.90 Å². The fourth-order valence-corrected chi connectivity index (χ4v) is 4.91. The number of benzene rings is 2. The summed E-state index contributed by atoms with van der Waals surface area (Å²) in [4.78, 5) is 32.3. The summed E-state index contributed by atoms with van der Waals surface area (Å²) < 4.78 is 15.4. The van der Waals surface area contributed by atoms with Crippen molar-refractivity contribution in [1.29, 1.82) is 0 Å². The molecule has 2 heterocycles. The summed E-state index contributed by atoms with van der Waals surface area (Å²) >= 11 is 2.58. The lowest BCUT2D eigenvalue weighted by atomic mass is 10.2. The highest BCUT2D eigenvalue weighted by molar-refractivity contribution is 7.99. The third kappa shape index (κ3) is 4.70. The third-order valence-corrected chi connectivity index (χ3v) is 6.65. The van der Waals surface area contributed by atoms with E-state index >= 15 is 0 Å². The highest BCUT2D eigenvalue weighted by Gasteiger charge is 2.18. The van der Waals surface area contributed by atoms with Gasteiger partial charge in [0.15, 0.2) is 5.16 Å². The number of rotatable bonds is 7. The van der Waals surface area contributed by atoms with Gasteiger partial charge in [0, 0.05) is 12.2 Å². The van der Waals surface area contributed by atoms with E-state index in [2.05, 4.69) is 4.98 Å². The van der Waals surface area contributed by atoms with E-state index < -0.39 is 0 Å². The number of fused-ring (bicyclic) bond motifs is 1. The largest absolute Gasteiger partial charge is 0.312 e. The normalized spacial score (nSPS) is 11.0. The summed E-state index contributed by atoms with van der Waals surface area (Å²) in [5, 5.41) is 2.30. The van der Waals surface area contributed by atoms with Crippen LogP contribution in [0.5, 0.6) is 0 Å². The Morgan fingerprint density at radius 1 is 1.13 bits per heavy atom. The van der Waals surface area contributed by atoms with Crippen LogP contribution < -0.4 is 10.5 Å². The van der Waals surface area contributed by atoms with E-state index in [0.717, 1.165) is 11.3 Å². The highest BCUT2D eigenvalue weighted by Crippen LogP contribution is 2.23. The van der Waals surface area contributed by atoms with E-state index in [4.69, 9.17) is 0 Å².